The van der Waals surface area contributed by atoms with Crippen LogP contribution in [0.2, 0.25) is 5.02 Å². The molecule has 0 fully saturated rings. The molecule has 24 heavy (non-hydrogen) atoms. The minimum atomic E-state index is -0.581. The monoisotopic (exact) mass is 339 g/mol. The topological polar surface area (TPSA) is 38.3 Å². The van der Waals surface area contributed by atoms with E-state index in [1.54, 1.807) is 24.3 Å². The highest BCUT2D eigenvalue weighted by Crippen LogP contribution is 2.24. The number of benzene rings is 3. The third kappa shape index (κ3) is 3.69. The summed E-state index contributed by atoms with van der Waals surface area (Å²) in [7, 11) is 0. The first-order valence-electron chi connectivity index (χ1n) is 7.88. The third-order valence-electron chi connectivity index (χ3n) is 3.79. The van der Waals surface area contributed by atoms with Crippen molar-refractivity contribution in [3.05, 3.63) is 71.8 Å². The second kappa shape index (κ2) is 7.37. The lowest BCUT2D eigenvalue weighted by Crippen LogP contribution is -2.32. The fraction of sp³-hybridized carbons (Fsp3) is 0.150. The summed E-state index contributed by atoms with van der Waals surface area (Å²) in [6, 6.07) is 20.8. The van der Waals surface area contributed by atoms with E-state index in [1.807, 2.05) is 49.4 Å². The van der Waals surface area contributed by atoms with Crippen LogP contribution in [0, 0.1) is 0 Å². The molecule has 0 aliphatic heterocycles. The highest BCUT2D eigenvalue weighted by molar-refractivity contribution is 6.30. The first kappa shape index (κ1) is 16.3. The molecule has 0 spiro atoms. The predicted octanol–water partition coefficient (Wildman–Crippen LogP) is 5.29. The standard InChI is InChI=1S/C20H18ClNO2/c1-2-19(24-16-10-6-9-15(21)13-16)20(23)22-18-12-5-8-14-7-3-4-11-17(14)18/h3-13,19H,2H2,1H3,(H,22,23)/t19-/m0/s1. The summed E-state index contributed by atoms with van der Waals surface area (Å²) >= 11 is 5.97. The Hall–Kier alpha value is -2.52. The predicted molar refractivity (Wildman–Crippen MR) is 98.7 cm³/mol. The minimum absolute atomic E-state index is 0.172. The fourth-order valence-corrected chi connectivity index (χ4v) is 2.75. The molecular weight excluding hydrogens is 322 g/mol. The normalized spacial score (nSPS) is 11.9. The number of nitrogens with one attached hydrogen (secondary N) is 1. The van der Waals surface area contributed by atoms with Gasteiger partial charge in [-0.1, -0.05) is 61.0 Å². The second-order valence-corrected chi connectivity index (χ2v) is 5.92. The van der Waals surface area contributed by atoms with Crippen LogP contribution in [0.4, 0.5) is 5.69 Å². The lowest BCUT2D eigenvalue weighted by atomic mass is 10.1. The molecule has 1 N–H and O–H groups in total. The van der Waals surface area contributed by atoms with E-state index in [9.17, 15) is 4.79 Å². The maximum atomic E-state index is 12.6. The van der Waals surface area contributed by atoms with E-state index in [1.165, 1.54) is 0 Å². The Balaban J connectivity index is 1.79. The van der Waals surface area contributed by atoms with Crippen molar-refractivity contribution >= 4 is 34.0 Å². The lowest BCUT2D eigenvalue weighted by molar-refractivity contribution is -0.122. The van der Waals surface area contributed by atoms with Gasteiger partial charge in [-0.15, -0.1) is 0 Å². The van der Waals surface area contributed by atoms with Gasteiger partial charge in [-0.05, 0) is 36.1 Å². The lowest BCUT2D eigenvalue weighted by Gasteiger charge is -2.18. The van der Waals surface area contributed by atoms with Gasteiger partial charge in [0.15, 0.2) is 6.10 Å². The summed E-state index contributed by atoms with van der Waals surface area (Å²) in [5, 5.41) is 5.64. The number of fused-ring (bicyclic) bond motifs is 1. The molecule has 0 radical (unpaired) electrons. The van der Waals surface area contributed by atoms with Crippen LogP contribution >= 0.6 is 11.6 Å². The molecule has 3 nitrogen and oxygen atoms in total. The molecular formula is C20H18ClNO2. The maximum Gasteiger partial charge on any atom is 0.265 e. The number of halogens is 1. The minimum Gasteiger partial charge on any atom is -0.481 e. The fourth-order valence-electron chi connectivity index (χ4n) is 2.57. The van der Waals surface area contributed by atoms with Crippen LogP contribution < -0.4 is 10.1 Å². The number of amides is 1. The van der Waals surface area contributed by atoms with Crippen molar-refractivity contribution in [2.45, 2.75) is 19.4 Å². The van der Waals surface area contributed by atoms with Crippen molar-refractivity contribution in [3.8, 4) is 5.75 Å². The molecule has 0 bridgehead atoms. The van der Waals surface area contributed by atoms with E-state index in [-0.39, 0.29) is 5.91 Å². The SMILES string of the molecule is CC[C@H](Oc1cccc(Cl)c1)C(=O)Nc1cccc2ccccc12. The Morgan fingerprint density at radius 3 is 2.62 bits per heavy atom. The van der Waals surface area contributed by atoms with Gasteiger partial charge < -0.3 is 10.1 Å². The molecule has 0 saturated heterocycles. The quantitative estimate of drug-likeness (QED) is 0.686. The highest BCUT2D eigenvalue weighted by atomic mass is 35.5. The first-order valence-corrected chi connectivity index (χ1v) is 8.26. The van der Waals surface area contributed by atoms with Crippen molar-refractivity contribution in [1.29, 1.82) is 0 Å². The van der Waals surface area contributed by atoms with E-state index in [0.717, 1.165) is 16.5 Å². The Bertz CT molecular complexity index is 858. The van der Waals surface area contributed by atoms with Crippen molar-refractivity contribution in [2.75, 3.05) is 5.32 Å². The molecule has 0 saturated carbocycles. The average Bonchev–Trinajstić information content (AvgIpc) is 2.60. The molecule has 122 valence electrons. The summed E-state index contributed by atoms with van der Waals surface area (Å²) in [6.07, 6.45) is -0.0224. The Labute approximate surface area is 146 Å². The van der Waals surface area contributed by atoms with Crippen LogP contribution in [0.5, 0.6) is 5.75 Å². The number of hydrogen-bond acceptors (Lipinski definition) is 2. The molecule has 0 unspecified atom stereocenters. The van der Waals surface area contributed by atoms with Crippen molar-refractivity contribution in [3.63, 3.8) is 0 Å². The van der Waals surface area contributed by atoms with Gasteiger partial charge in [-0.2, -0.15) is 0 Å². The zero-order chi connectivity index (χ0) is 16.9. The molecule has 0 aromatic heterocycles. The second-order valence-electron chi connectivity index (χ2n) is 5.49. The van der Waals surface area contributed by atoms with Crippen LogP contribution in [-0.2, 0) is 4.79 Å². The Kier molecular flexibility index (Phi) is 5.02. The largest absolute Gasteiger partial charge is 0.481 e. The number of carbonyl (C=O) groups is 1. The van der Waals surface area contributed by atoms with Gasteiger partial charge in [0.05, 0.1) is 0 Å². The Morgan fingerprint density at radius 2 is 1.83 bits per heavy atom. The van der Waals surface area contributed by atoms with Gasteiger partial charge in [0.25, 0.3) is 5.91 Å². The summed E-state index contributed by atoms with van der Waals surface area (Å²) < 4.78 is 5.79. The molecule has 0 heterocycles. The van der Waals surface area contributed by atoms with Gasteiger partial charge in [0.2, 0.25) is 0 Å². The van der Waals surface area contributed by atoms with Crippen LogP contribution in [0.25, 0.3) is 10.8 Å². The van der Waals surface area contributed by atoms with Gasteiger partial charge in [-0.25, -0.2) is 0 Å². The average molecular weight is 340 g/mol. The molecule has 1 atom stereocenters. The molecule has 3 aromatic rings. The molecule has 3 rings (SSSR count). The van der Waals surface area contributed by atoms with Crippen molar-refractivity contribution < 1.29 is 9.53 Å². The van der Waals surface area contributed by atoms with Gasteiger partial charge in [0, 0.05) is 16.1 Å². The summed E-state index contributed by atoms with van der Waals surface area (Å²) in [6.45, 7) is 1.91. The smallest absolute Gasteiger partial charge is 0.265 e. The number of hydrogen-bond donors (Lipinski definition) is 1. The van der Waals surface area contributed by atoms with Gasteiger partial charge >= 0.3 is 0 Å². The summed E-state index contributed by atoms with van der Waals surface area (Å²) in [5.41, 5.74) is 0.784. The molecule has 3 aromatic carbocycles. The van der Waals surface area contributed by atoms with E-state index >= 15 is 0 Å². The third-order valence-corrected chi connectivity index (χ3v) is 4.02. The summed E-state index contributed by atoms with van der Waals surface area (Å²) in [4.78, 5) is 12.6. The first-order chi connectivity index (χ1) is 11.7. The van der Waals surface area contributed by atoms with Crippen LogP contribution in [0.15, 0.2) is 66.7 Å². The van der Waals surface area contributed by atoms with E-state index in [2.05, 4.69) is 5.32 Å². The van der Waals surface area contributed by atoms with Crippen LogP contribution in [-0.4, -0.2) is 12.0 Å². The number of anilines is 1. The van der Waals surface area contributed by atoms with Crippen LogP contribution in [0.3, 0.4) is 0 Å². The summed E-state index contributed by atoms with van der Waals surface area (Å²) in [5.74, 6) is 0.413. The number of rotatable bonds is 5. The molecule has 0 aliphatic rings. The zero-order valence-electron chi connectivity index (χ0n) is 13.3. The number of ether oxygens (including phenoxy) is 1. The van der Waals surface area contributed by atoms with Crippen molar-refractivity contribution in [1.82, 2.24) is 0 Å². The molecule has 0 aliphatic carbocycles. The van der Waals surface area contributed by atoms with Gasteiger partial charge in [-0.3, -0.25) is 4.79 Å². The molecule has 4 heteroatoms. The maximum absolute atomic E-state index is 12.6. The van der Waals surface area contributed by atoms with E-state index < -0.39 is 6.10 Å². The van der Waals surface area contributed by atoms with Crippen molar-refractivity contribution in [2.24, 2.45) is 0 Å². The highest BCUT2D eigenvalue weighted by Gasteiger charge is 2.19. The van der Waals surface area contributed by atoms with Gasteiger partial charge in [0.1, 0.15) is 5.75 Å². The van der Waals surface area contributed by atoms with E-state index in [4.69, 9.17) is 16.3 Å². The van der Waals surface area contributed by atoms with Crippen LogP contribution in [0.1, 0.15) is 13.3 Å². The number of carbonyl (C=O) groups excluding carboxylic acids is 1. The Morgan fingerprint density at radius 1 is 1.08 bits per heavy atom. The molecule has 1 amide bonds. The van der Waals surface area contributed by atoms with E-state index in [0.29, 0.717) is 17.2 Å². The zero-order valence-corrected chi connectivity index (χ0v) is 14.1.